The molecule has 1 aromatic heterocycles. The molecule has 0 spiro atoms. The molecule has 3 amide bonds. The number of carbonyl (C=O) groups excluding carboxylic acids is 3. The van der Waals surface area contributed by atoms with Crippen LogP contribution < -0.4 is 20.1 Å². The summed E-state index contributed by atoms with van der Waals surface area (Å²) >= 11 is 0. The van der Waals surface area contributed by atoms with E-state index >= 15 is 0 Å². The zero-order valence-electron chi connectivity index (χ0n) is 20.3. The minimum atomic E-state index is -0.751. The average Bonchev–Trinajstić information content (AvgIpc) is 3.17. The molecule has 1 aromatic carbocycles. The Labute approximate surface area is 199 Å². The Morgan fingerprint density at radius 1 is 1.29 bits per heavy atom. The number of fused-ring (bicyclic) bond motifs is 5. The highest BCUT2D eigenvalue weighted by Gasteiger charge is 2.26. The zero-order chi connectivity index (χ0) is 24.8. The molecule has 0 radical (unpaired) electrons. The molecule has 0 aliphatic carbocycles. The van der Waals surface area contributed by atoms with Crippen LogP contribution in [0.15, 0.2) is 22.6 Å². The number of nitrogens with zero attached hydrogens (tertiary/aromatic N) is 2. The third-order valence-corrected chi connectivity index (χ3v) is 5.61. The number of aryl methyl sites for hydroxylation is 1. The summed E-state index contributed by atoms with van der Waals surface area (Å²) in [5.41, 5.74) is 1.29. The van der Waals surface area contributed by atoms with Crippen molar-refractivity contribution in [2.45, 2.75) is 46.7 Å². The third-order valence-electron chi connectivity index (χ3n) is 5.61. The van der Waals surface area contributed by atoms with Crippen molar-refractivity contribution in [3.63, 3.8) is 0 Å². The first-order valence-electron chi connectivity index (χ1n) is 11.3. The van der Waals surface area contributed by atoms with Gasteiger partial charge in [-0.1, -0.05) is 13.8 Å². The Morgan fingerprint density at radius 2 is 2.06 bits per heavy atom. The summed E-state index contributed by atoms with van der Waals surface area (Å²) in [6.45, 7) is 7.51. The smallest absolute Gasteiger partial charge is 0.243 e. The van der Waals surface area contributed by atoms with Crippen molar-refractivity contribution in [2.75, 3.05) is 26.8 Å². The lowest BCUT2D eigenvalue weighted by molar-refractivity contribution is -0.136. The molecule has 2 heterocycles. The molecule has 10 heteroatoms. The van der Waals surface area contributed by atoms with Crippen molar-refractivity contribution in [2.24, 2.45) is 5.92 Å². The molecule has 4 bridgehead atoms. The molecule has 34 heavy (non-hydrogen) atoms. The fraction of sp³-hybridized carbons (Fsp3) is 0.500. The first-order chi connectivity index (χ1) is 16.2. The van der Waals surface area contributed by atoms with Crippen molar-refractivity contribution in [1.82, 2.24) is 20.5 Å². The predicted molar refractivity (Wildman–Crippen MR) is 124 cm³/mol. The zero-order valence-corrected chi connectivity index (χ0v) is 20.3. The van der Waals surface area contributed by atoms with Crippen LogP contribution in [0.5, 0.6) is 11.5 Å². The van der Waals surface area contributed by atoms with Gasteiger partial charge in [0, 0.05) is 19.0 Å². The molecular formula is C24H32N4O6. The number of nitrogens with one attached hydrogen (secondary N) is 2. The molecule has 0 fully saturated rings. The summed E-state index contributed by atoms with van der Waals surface area (Å²) in [6, 6.07) is 4.61. The molecule has 1 aliphatic rings. The largest absolute Gasteiger partial charge is 0.493 e. The summed E-state index contributed by atoms with van der Waals surface area (Å²) in [5.74, 6) is 0.920. The van der Waals surface area contributed by atoms with Gasteiger partial charge in [-0.2, -0.15) is 0 Å². The van der Waals surface area contributed by atoms with Crippen LogP contribution in [0.4, 0.5) is 0 Å². The van der Waals surface area contributed by atoms with Gasteiger partial charge in [0.25, 0.3) is 0 Å². The number of amides is 3. The highest BCUT2D eigenvalue weighted by molar-refractivity contribution is 5.90. The van der Waals surface area contributed by atoms with Crippen LogP contribution >= 0.6 is 0 Å². The minimum absolute atomic E-state index is 0.142. The van der Waals surface area contributed by atoms with E-state index in [4.69, 9.17) is 13.9 Å². The SMILES string of the molecule is COc1ccc2cc1OCCCN(C(C)=O)CC(=O)N[C@@H](C(C)C)C(=O)NCc1nc-2oc1C. The van der Waals surface area contributed by atoms with Crippen molar-refractivity contribution in [3.8, 4) is 23.0 Å². The summed E-state index contributed by atoms with van der Waals surface area (Å²) < 4.78 is 17.2. The lowest BCUT2D eigenvalue weighted by Crippen LogP contribution is -2.52. The summed E-state index contributed by atoms with van der Waals surface area (Å²) in [4.78, 5) is 43.6. The maximum Gasteiger partial charge on any atom is 0.243 e. The van der Waals surface area contributed by atoms with Gasteiger partial charge in [0.1, 0.15) is 17.5 Å². The van der Waals surface area contributed by atoms with Crippen LogP contribution in [0.25, 0.3) is 11.5 Å². The topological polar surface area (TPSA) is 123 Å². The minimum Gasteiger partial charge on any atom is -0.493 e. The van der Waals surface area contributed by atoms with Crippen LogP contribution in [-0.4, -0.2) is 60.5 Å². The van der Waals surface area contributed by atoms with Gasteiger partial charge in [0.05, 0.1) is 26.8 Å². The highest BCUT2D eigenvalue weighted by Crippen LogP contribution is 2.33. The quantitative estimate of drug-likeness (QED) is 0.686. The van der Waals surface area contributed by atoms with E-state index in [9.17, 15) is 14.4 Å². The van der Waals surface area contributed by atoms with E-state index in [2.05, 4.69) is 15.6 Å². The van der Waals surface area contributed by atoms with E-state index in [1.807, 2.05) is 19.9 Å². The van der Waals surface area contributed by atoms with Crippen molar-refractivity contribution in [3.05, 3.63) is 29.7 Å². The molecule has 3 rings (SSSR count). The molecule has 184 valence electrons. The van der Waals surface area contributed by atoms with Gasteiger partial charge in [0.2, 0.25) is 23.6 Å². The molecule has 2 N–H and O–H groups in total. The number of rotatable bonds is 2. The number of benzene rings is 1. The van der Waals surface area contributed by atoms with Crippen LogP contribution in [0.2, 0.25) is 0 Å². The second-order valence-electron chi connectivity index (χ2n) is 8.54. The average molecular weight is 473 g/mol. The van der Waals surface area contributed by atoms with Gasteiger partial charge < -0.3 is 29.4 Å². The summed E-state index contributed by atoms with van der Waals surface area (Å²) in [7, 11) is 1.55. The molecule has 0 saturated carbocycles. The van der Waals surface area contributed by atoms with Crippen LogP contribution in [-0.2, 0) is 20.9 Å². The lowest BCUT2D eigenvalue weighted by atomic mass is 10.0. The Bertz CT molecular complexity index is 1050. The van der Waals surface area contributed by atoms with Gasteiger partial charge in [-0.25, -0.2) is 4.98 Å². The Hall–Kier alpha value is -3.56. The fourth-order valence-corrected chi connectivity index (χ4v) is 3.63. The van der Waals surface area contributed by atoms with Gasteiger partial charge >= 0.3 is 0 Å². The highest BCUT2D eigenvalue weighted by atomic mass is 16.5. The fourth-order valence-electron chi connectivity index (χ4n) is 3.63. The van der Waals surface area contributed by atoms with Gasteiger partial charge in [-0.15, -0.1) is 0 Å². The van der Waals surface area contributed by atoms with Gasteiger partial charge in [-0.05, 0) is 37.5 Å². The van der Waals surface area contributed by atoms with Crippen LogP contribution in [0, 0.1) is 12.8 Å². The maximum atomic E-state index is 12.9. The molecule has 2 aromatic rings. The number of ether oxygens (including phenoxy) is 2. The number of methoxy groups -OCH3 is 1. The second-order valence-corrected chi connectivity index (χ2v) is 8.54. The standard InChI is InChI=1S/C24H32N4O6/c1-14(2)22-23(31)25-12-18-15(3)34-24(26-18)17-7-8-19(32-5)20(11-17)33-10-6-9-28(16(4)29)13-21(30)27-22/h7-8,11,14,22H,6,9-10,12-13H2,1-5H3,(H,25,31)(H,27,30)/t22-/m0/s1. The molecule has 1 aliphatic heterocycles. The van der Waals surface area contributed by atoms with E-state index in [0.717, 1.165) is 0 Å². The molecule has 0 saturated heterocycles. The maximum absolute atomic E-state index is 12.9. The number of aromatic nitrogens is 1. The Kier molecular flexibility index (Phi) is 8.14. The molecule has 10 nitrogen and oxygen atoms in total. The van der Waals surface area contributed by atoms with Crippen LogP contribution in [0.1, 0.15) is 38.6 Å². The molecular weight excluding hydrogens is 440 g/mol. The van der Waals surface area contributed by atoms with E-state index in [1.54, 1.807) is 26.2 Å². The van der Waals surface area contributed by atoms with Crippen molar-refractivity contribution < 1.29 is 28.3 Å². The number of oxazole rings is 1. The predicted octanol–water partition coefficient (Wildman–Crippen LogP) is 2.05. The van der Waals surface area contributed by atoms with E-state index in [0.29, 0.717) is 54.0 Å². The van der Waals surface area contributed by atoms with Crippen LogP contribution in [0.3, 0.4) is 0 Å². The Morgan fingerprint density at radius 3 is 2.74 bits per heavy atom. The normalized spacial score (nSPS) is 17.8. The molecule has 0 unspecified atom stereocenters. The van der Waals surface area contributed by atoms with Gasteiger partial charge in [-0.3, -0.25) is 14.4 Å². The van der Waals surface area contributed by atoms with Crippen molar-refractivity contribution in [1.29, 1.82) is 0 Å². The number of hydrogen-bond donors (Lipinski definition) is 2. The monoisotopic (exact) mass is 472 g/mol. The summed E-state index contributed by atoms with van der Waals surface area (Å²) in [5, 5.41) is 5.59. The Balaban J connectivity index is 1.93. The van der Waals surface area contributed by atoms with Crippen molar-refractivity contribution >= 4 is 17.7 Å². The number of hydrogen-bond acceptors (Lipinski definition) is 7. The third kappa shape index (κ3) is 6.06. The van der Waals surface area contributed by atoms with E-state index in [-0.39, 0.29) is 30.8 Å². The first-order valence-corrected chi connectivity index (χ1v) is 11.3. The molecule has 1 atom stereocenters. The number of carbonyl (C=O) groups is 3. The first kappa shape index (κ1) is 25.1. The van der Waals surface area contributed by atoms with E-state index < -0.39 is 11.9 Å². The van der Waals surface area contributed by atoms with Gasteiger partial charge in [0.15, 0.2) is 11.5 Å². The van der Waals surface area contributed by atoms with E-state index in [1.165, 1.54) is 11.8 Å². The second kappa shape index (κ2) is 11.0. The lowest BCUT2D eigenvalue weighted by Gasteiger charge is -2.25. The summed E-state index contributed by atoms with van der Waals surface area (Å²) in [6.07, 6.45) is 0.497.